The van der Waals surface area contributed by atoms with E-state index in [-0.39, 0.29) is 5.91 Å². The minimum Gasteiger partial charge on any atom is -0.497 e. The number of methoxy groups -OCH3 is 2. The second-order valence-electron chi connectivity index (χ2n) is 5.01. The molecule has 0 aliphatic heterocycles. The molecule has 5 heteroatoms. The van der Waals surface area contributed by atoms with Crippen LogP contribution in [0.2, 0.25) is 0 Å². The van der Waals surface area contributed by atoms with Gasteiger partial charge < -0.3 is 9.47 Å². The summed E-state index contributed by atoms with van der Waals surface area (Å²) in [5, 5.41) is 4.14. The Balaban J connectivity index is 1.99. The van der Waals surface area contributed by atoms with E-state index in [0.717, 1.165) is 17.0 Å². The quantitative estimate of drug-likeness (QED) is 0.659. The average Bonchev–Trinajstić information content (AvgIpc) is 2.60. The van der Waals surface area contributed by atoms with Crippen LogP contribution in [-0.2, 0) is 6.42 Å². The molecule has 0 fully saturated rings. The summed E-state index contributed by atoms with van der Waals surface area (Å²) in [6.07, 6.45) is 0.604. The number of rotatable bonds is 6. The van der Waals surface area contributed by atoms with Crippen molar-refractivity contribution in [2.75, 3.05) is 14.2 Å². The molecule has 0 saturated heterocycles. The van der Waals surface area contributed by atoms with Crippen molar-refractivity contribution in [3.63, 3.8) is 0 Å². The molecule has 1 N–H and O–H groups in total. The fourth-order valence-electron chi connectivity index (χ4n) is 2.12. The molecule has 2 rings (SSSR count). The van der Waals surface area contributed by atoms with Gasteiger partial charge in [-0.2, -0.15) is 5.10 Å². The molecule has 0 heterocycles. The Bertz CT molecular complexity index is 694. The Kier molecular flexibility index (Phi) is 5.74. The number of hydrogen-bond donors (Lipinski definition) is 1. The number of benzene rings is 2. The highest BCUT2D eigenvalue weighted by Gasteiger charge is 2.06. The Labute approximate surface area is 135 Å². The van der Waals surface area contributed by atoms with E-state index < -0.39 is 0 Å². The van der Waals surface area contributed by atoms with E-state index in [1.165, 1.54) is 0 Å². The lowest BCUT2D eigenvalue weighted by molar-refractivity contribution is 0.0954. The lowest BCUT2D eigenvalue weighted by Gasteiger charge is -2.08. The first kappa shape index (κ1) is 16.5. The van der Waals surface area contributed by atoms with Gasteiger partial charge in [-0.05, 0) is 42.8 Å². The van der Waals surface area contributed by atoms with Crippen molar-refractivity contribution in [1.82, 2.24) is 5.43 Å². The maximum absolute atomic E-state index is 12.0. The van der Waals surface area contributed by atoms with Crippen LogP contribution in [0.1, 0.15) is 22.8 Å². The van der Waals surface area contributed by atoms with Gasteiger partial charge in [0.15, 0.2) is 0 Å². The molecule has 0 aliphatic carbocycles. The second-order valence-corrected chi connectivity index (χ2v) is 5.01. The molecule has 0 aliphatic rings. The average molecular weight is 312 g/mol. The van der Waals surface area contributed by atoms with Crippen molar-refractivity contribution in [1.29, 1.82) is 0 Å². The molecule has 0 radical (unpaired) electrons. The minimum absolute atomic E-state index is 0.257. The SMILES string of the molecule is COc1ccc(C(=O)N/N=C(/C)Cc2ccccc2OC)cc1. The highest BCUT2D eigenvalue weighted by atomic mass is 16.5. The van der Waals surface area contributed by atoms with Crippen LogP contribution in [-0.4, -0.2) is 25.8 Å². The predicted octanol–water partition coefficient (Wildman–Crippen LogP) is 3.05. The fourth-order valence-corrected chi connectivity index (χ4v) is 2.12. The lowest BCUT2D eigenvalue weighted by atomic mass is 10.1. The Morgan fingerprint density at radius 3 is 2.39 bits per heavy atom. The zero-order valence-corrected chi connectivity index (χ0v) is 13.5. The molecular weight excluding hydrogens is 292 g/mol. The van der Waals surface area contributed by atoms with E-state index in [0.29, 0.717) is 17.7 Å². The van der Waals surface area contributed by atoms with Crippen molar-refractivity contribution < 1.29 is 14.3 Å². The largest absolute Gasteiger partial charge is 0.497 e. The van der Waals surface area contributed by atoms with Gasteiger partial charge in [-0.1, -0.05) is 18.2 Å². The zero-order chi connectivity index (χ0) is 16.7. The van der Waals surface area contributed by atoms with Crippen molar-refractivity contribution in [3.05, 3.63) is 59.7 Å². The Morgan fingerprint density at radius 1 is 1.04 bits per heavy atom. The van der Waals surface area contributed by atoms with Crippen LogP contribution in [0, 0.1) is 0 Å². The molecule has 2 aromatic rings. The van der Waals surface area contributed by atoms with Crippen molar-refractivity contribution in [3.8, 4) is 11.5 Å². The maximum atomic E-state index is 12.0. The summed E-state index contributed by atoms with van der Waals surface area (Å²) in [5.74, 6) is 1.26. The number of para-hydroxylation sites is 1. The summed E-state index contributed by atoms with van der Waals surface area (Å²) < 4.78 is 10.4. The summed E-state index contributed by atoms with van der Waals surface area (Å²) in [6.45, 7) is 1.86. The van der Waals surface area contributed by atoms with E-state index >= 15 is 0 Å². The molecule has 0 spiro atoms. The molecule has 0 aromatic heterocycles. The van der Waals surface area contributed by atoms with E-state index in [4.69, 9.17) is 9.47 Å². The van der Waals surface area contributed by atoms with Crippen LogP contribution in [0.15, 0.2) is 53.6 Å². The highest BCUT2D eigenvalue weighted by molar-refractivity contribution is 5.95. The third-order valence-electron chi connectivity index (χ3n) is 3.34. The molecule has 5 nitrogen and oxygen atoms in total. The first-order valence-electron chi connectivity index (χ1n) is 7.23. The number of hydrogen-bond acceptors (Lipinski definition) is 4. The first-order valence-corrected chi connectivity index (χ1v) is 7.23. The van der Waals surface area contributed by atoms with Crippen molar-refractivity contribution in [2.45, 2.75) is 13.3 Å². The third kappa shape index (κ3) is 4.57. The van der Waals surface area contributed by atoms with E-state index in [1.807, 2.05) is 31.2 Å². The number of nitrogens with zero attached hydrogens (tertiary/aromatic N) is 1. The molecule has 0 bridgehead atoms. The summed E-state index contributed by atoms with van der Waals surface area (Å²) in [4.78, 5) is 12.0. The molecule has 1 amide bonds. The Hall–Kier alpha value is -2.82. The van der Waals surface area contributed by atoms with Crippen LogP contribution in [0.5, 0.6) is 11.5 Å². The standard InChI is InChI=1S/C18H20N2O3/c1-13(12-15-6-4-5-7-17(15)23-3)19-20-18(21)14-8-10-16(22-2)11-9-14/h4-11H,12H2,1-3H3,(H,20,21)/b19-13-. The predicted molar refractivity (Wildman–Crippen MR) is 90.3 cm³/mol. The molecule has 2 aromatic carbocycles. The fraction of sp³-hybridized carbons (Fsp3) is 0.222. The number of ether oxygens (including phenoxy) is 2. The number of carbonyl (C=O) groups excluding carboxylic acids is 1. The molecule has 0 atom stereocenters. The van der Waals surface area contributed by atoms with Gasteiger partial charge in [0.1, 0.15) is 11.5 Å². The Morgan fingerprint density at radius 2 is 1.74 bits per heavy atom. The molecule has 0 saturated carbocycles. The summed E-state index contributed by atoms with van der Waals surface area (Å²) in [5.41, 5.74) is 4.90. The number of hydrazone groups is 1. The van der Waals surface area contributed by atoms with Crippen LogP contribution >= 0.6 is 0 Å². The lowest BCUT2D eigenvalue weighted by Crippen LogP contribution is -2.19. The van der Waals surface area contributed by atoms with Gasteiger partial charge >= 0.3 is 0 Å². The van der Waals surface area contributed by atoms with Crippen LogP contribution in [0.4, 0.5) is 0 Å². The normalized spacial score (nSPS) is 11.0. The smallest absolute Gasteiger partial charge is 0.271 e. The minimum atomic E-state index is -0.257. The number of nitrogens with one attached hydrogen (secondary N) is 1. The van der Waals surface area contributed by atoms with Gasteiger partial charge in [0.2, 0.25) is 0 Å². The van der Waals surface area contributed by atoms with E-state index in [2.05, 4.69) is 10.5 Å². The topological polar surface area (TPSA) is 59.9 Å². The third-order valence-corrected chi connectivity index (χ3v) is 3.34. The highest BCUT2D eigenvalue weighted by Crippen LogP contribution is 2.18. The van der Waals surface area contributed by atoms with Gasteiger partial charge in [-0.25, -0.2) is 5.43 Å². The van der Waals surface area contributed by atoms with E-state index in [1.54, 1.807) is 38.5 Å². The summed E-state index contributed by atoms with van der Waals surface area (Å²) in [6, 6.07) is 14.6. The zero-order valence-electron chi connectivity index (χ0n) is 13.5. The van der Waals surface area contributed by atoms with E-state index in [9.17, 15) is 4.79 Å². The maximum Gasteiger partial charge on any atom is 0.271 e. The van der Waals surface area contributed by atoms with Crippen LogP contribution in [0.3, 0.4) is 0 Å². The van der Waals surface area contributed by atoms with Gasteiger partial charge in [-0.15, -0.1) is 0 Å². The summed E-state index contributed by atoms with van der Waals surface area (Å²) >= 11 is 0. The van der Waals surface area contributed by atoms with Gasteiger partial charge in [0, 0.05) is 17.7 Å². The number of amides is 1. The molecular formula is C18H20N2O3. The molecule has 120 valence electrons. The van der Waals surface area contributed by atoms with Crippen molar-refractivity contribution >= 4 is 11.6 Å². The summed E-state index contributed by atoms with van der Waals surface area (Å²) in [7, 11) is 3.22. The van der Waals surface area contributed by atoms with Crippen molar-refractivity contribution in [2.24, 2.45) is 5.10 Å². The monoisotopic (exact) mass is 312 g/mol. The first-order chi connectivity index (χ1) is 11.1. The van der Waals surface area contributed by atoms with Gasteiger partial charge in [-0.3, -0.25) is 4.79 Å². The number of carbonyl (C=O) groups is 1. The molecule has 0 unspecified atom stereocenters. The van der Waals surface area contributed by atoms with Gasteiger partial charge in [0.25, 0.3) is 5.91 Å². The molecule has 23 heavy (non-hydrogen) atoms. The second kappa shape index (κ2) is 7.98. The van der Waals surface area contributed by atoms with Crippen LogP contribution in [0.25, 0.3) is 0 Å². The van der Waals surface area contributed by atoms with Gasteiger partial charge in [0.05, 0.1) is 14.2 Å². The van der Waals surface area contributed by atoms with Crippen LogP contribution < -0.4 is 14.9 Å².